The summed E-state index contributed by atoms with van der Waals surface area (Å²) in [5.41, 5.74) is 0.869. The van der Waals surface area contributed by atoms with E-state index in [-0.39, 0.29) is 22.4 Å². The molecule has 0 saturated carbocycles. The van der Waals surface area contributed by atoms with Gasteiger partial charge >= 0.3 is 5.69 Å². The molecule has 0 atom stereocenters. The van der Waals surface area contributed by atoms with Crippen LogP contribution in [-0.2, 0) is 6.54 Å². The van der Waals surface area contributed by atoms with Gasteiger partial charge in [-0.3, -0.25) is 14.3 Å². The molecule has 0 unspecified atom stereocenters. The Morgan fingerprint density at radius 3 is 2.50 bits per heavy atom. The zero-order valence-electron chi connectivity index (χ0n) is 15.3. The minimum absolute atomic E-state index is 0.169. The molecule has 9 heteroatoms. The van der Waals surface area contributed by atoms with Crippen molar-refractivity contribution in [2.24, 2.45) is 0 Å². The molecule has 1 N–H and O–H groups in total. The van der Waals surface area contributed by atoms with Crippen LogP contribution in [0.15, 0.2) is 52.3 Å². The summed E-state index contributed by atoms with van der Waals surface area (Å²) in [6.07, 6.45) is 2.99. The first-order chi connectivity index (χ1) is 13.5. The van der Waals surface area contributed by atoms with Crippen LogP contribution in [0.3, 0.4) is 0 Å². The average Bonchev–Trinajstić information content (AvgIpc) is 3.01. The molecule has 0 bridgehead atoms. The molecule has 28 heavy (non-hydrogen) atoms. The van der Waals surface area contributed by atoms with Gasteiger partial charge in [-0.05, 0) is 19.4 Å². The summed E-state index contributed by atoms with van der Waals surface area (Å²) < 4.78 is 3.17. The molecule has 142 valence electrons. The van der Waals surface area contributed by atoms with E-state index < -0.39 is 11.2 Å². The number of imidazole rings is 1. The highest BCUT2D eigenvalue weighted by molar-refractivity contribution is 6.31. The van der Waals surface area contributed by atoms with Crippen molar-refractivity contribution in [1.82, 2.24) is 29.1 Å². The molecule has 4 aromatic rings. The van der Waals surface area contributed by atoms with Crippen molar-refractivity contribution in [3.63, 3.8) is 0 Å². The summed E-state index contributed by atoms with van der Waals surface area (Å²) >= 11 is 6.25. The Morgan fingerprint density at radius 1 is 1.11 bits per heavy atom. The van der Waals surface area contributed by atoms with E-state index in [1.807, 2.05) is 44.2 Å². The van der Waals surface area contributed by atoms with Gasteiger partial charge in [-0.25, -0.2) is 19.7 Å². The second-order valence-corrected chi connectivity index (χ2v) is 6.96. The van der Waals surface area contributed by atoms with Crippen LogP contribution in [0.2, 0.25) is 5.15 Å². The van der Waals surface area contributed by atoms with Crippen molar-refractivity contribution >= 4 is 22.8 Å². The molecule has 0 spiro atoms. The number of aromatic nitrogens is 6. The van der Waals surface area contributed by atoms with Crippen LogP contribution in [-0.4, -0.2) is 29.1 Å². The summed E-state index contributed by atoms with van der Waals surface area (Å²) in [7, 11) is 0. The second kappa shape index (κ2) is 7.05. The van der Waals surface area contributed by atoms with Crippen molar-refractivity contribution < 1.29 is 0 Å². The molecular weight excluding hydrogens is 380 g/mol. The lowest BCUT2D eigenvalue weighted by Crippen LogP contribution is -2.32. The molecule has 0 radical (unpaired) electrons. The van der Waals surface area contributed by atoms with Gasteiger partial charge in [0.2, 0.25) is 0 Å². The number of rotatable bonds is 4. The molecule has 0 aliphatic carbocycles. The monoisotopic (exact) mass is 396 g/mol. The van der Waals surface area contributed by atoms with E-state index in [1.54, 1.807) is 4.57 Å². The lowest BCUT2D eigenvalue weighted by Gasteiger charge is -2.11. The van der Waals surface area contributed by atoms with E-state index >= 15 is 0 Å². The summed E-state index contributed by atoms with van der Waals surface area (Å²) in [6.45, 7) is 4.06. The summed E-state index contributed by atoms with van der Waals surface area (Å²) in [5, 5.41) is 0.169. The fraction of sp³-hybridized carbons (Fsp3) is 0.211. The Kier molecular flexibility index (Phi) is 4.56. The van der Waals surface area contributed by atoms with Gasteiger partial charge in [-0.2, -0.15) is 0 Å². The van der Waals surface area contributed by atoms with Crippen molar-refractivity contribution in [2.75, 3.05) is 0 Å². The maximum absolute atomic E-state index is 12.7. The summed E-state index contributed by atoms with van der Waals surface area (Å²) in [4.78, 5) is 40.5. The van der Waals surface area contributed by atoms with Crippen LogP contribution in [0.4, 0.5) is 0 Å². The highest BCUT2D eigenvalue weighted by Gasteiger charge is 2.23. The number of aromatic amines is 1. The topological polar surface area (TPSA) is 98.5 Å². The highest BCUT2D eigenvalue weighted by atomic mass is 35.5. The quantitative estimate of drug-likeness (QED) is 0.571. The van der Waals surface area contributed by atoms with Crippen LogP contribution in [0, 0.1) is 0 Å². The van der Waals surface area contributed by atoms with Crippen molar-refractivity contribution in [2.45, 2.75) is 26.4 Å². The van der Waals surface area contributed by atoms with Crippen LogP contribution in [0.1, 0.15) is 25.5 Å². The summed E-state index contributed by atoms with van der Waals surface area (Å²) in [5.74, 6) is 0.377. The van der Waals surface area contributed by atoms with E-state index in [9.17, 15) is 9.59 Å². The molecule has 8 nitrogen and oxygen atoms in total. The van der Waals surface area contributed by atoms with Crippen molar-refractivity contribution in [1.29, 1.82) is 0 Å². The van der Waals surface area contributed by atoms with Gasteiger partial charge in [0.1, 0.15) is 5.69 Å². The highest BCUT2D eigenvalue weighted by Crippen LogP contribution is 2.27. The first-order valence-corrected chi connectivity index (χ1v) is 9.11. The zero-order chi connectivity index (χ0) is 19.8. The minimum Gasteiger partial charge on any atom is -0.312 e. The summed E-state index contributed by atoms with van der Waals surface area (Å²) in [6, 6.07) is 9.44. The van der Waals surface area contributed by atoms with Gasteiger partial charge in [-0.15, -0.1) is 0 Å². The molecule has 4 rings (SSSR count). The second-order valence-electron chi connectivity index (χ2n) is 6.60. The third-order valence-electron chi connectivity index (χ3n) is 4.40. The Morgan fingerprint density at radius 2 is 1.82 bits per heavy atom. The normalized spacial score (nSPS) is 11.4. The first-order valence-electron chi connectivity index (χ1n) is 8.73. The number of H-pyrrole nitrogens is 1. The fourth-order valence-electron chi connectivity index (χ4n) is 3.20. The molecule has 1 aromatic carbocycles. The number of nitrogens with zero attached hydrogens (tertiary/aromatic N) is 5. The number of nitrogens with one attached hydrogen (secondary N) is 1. The van der Waals surface area contributed by atoms with Crippen LogP contribution in [0.25, 0.3) is 22.7 Å². The minimum atomic E-state index is -0.508. The standard InChI is InChI=1S/C19H17ClN6O2/c1-11(2)26-17-14(18(27)24-19(26)28)25(10-12-6-4-3-5-7-12)16(23-17)13-15(20)22-9-8-21-13/h3-9,11H,10H2,1-2H3,(H,24,27,28). The SMILES string of the molecule is CC(C)n1c(=O)[nH]c(=O)c2c1nc(-c1nccnc1Cl)n2Cc1ccccc1. The number of benzene rings is 1. The number of halogens is 1. The molecule has 0 aliphatic rings. The maximum atomic E-state index is 12.7. The van der Waals surface area contributed by atoms with Gasteiger partial charge in [-0.1, -0.05) is 41.9 Å². The molecule has 0 aliphatic heterocycles. The first kappa shape index (κ1) is 18.1. The van der Waals surface area contributed by atoms with Crippen molar-refractivity contribution in [3.8, 4) is 11.5 Å². The molecule has 3 aromatic heterocycles. The molecule has 0 amide bonds. The third-order valence-corrected chi connectivity index (χ3v) is 4.67. The third kappa shape index (κ3) is 3.01. The van der Waals surface area contributed by atoms with Gasteiger partial charge in [0.25, 0.3) is 5.56 Å². The Labute approximate surface area is 164 Å². The van der Waals surface area contributed by atoms with Gasteiger partial charge in [0, 0.05) is 25.0 Å². The Hall–Kier alpha value is -3.26. The molecule has 3 heterocycles. The Balaban J connectivity index is 2.10. The van der Waals surface area contributed by atoms with Crippen LogP contribution < -0.4 is 11.2 Å². The van der Waals surface area contributed by atoms with E-state index in [1.165, 1.54) is 17.0 Å². The van der Waals surface area contributed by atoms with Gasteiger partial charge in [0.05, 0.1) is 0 Å². The largest absolute Gasteiger partial charge is 0.330 e. The number of hydrogen-bond donors (Lipinski definition) is 1. The van der Waals surface area contributed by atoms with Crippen LogP contribution in [0.5, 0.6) is 0 Å². The van der Waals surface area contributed by atoms with E-state index in [0.29, 0.717) is 18.1 Å². The van der Waals surface area contributed by atoms with Gasteiger partial charge in [0.15, 0.2) is 22.1 Å². The molecule has 0 saturated heterocycles. The predicted molar refractivity (Wildman–Crippen MR) is 107 cm³/mol. The maximum Gasteiger partial charge on any atom is 0.330 e. The van der Waals surface area contributed by atoms with Crippen LogP contribution >= 0.6 is 11.6 Å². The van der Waals surface area contributed by atoms with E-state index in [2.05, 4.69) is 19.9 Å². The molecular formula is C19H17ClN6O2. The van der Waals surface area contributed by atoms with Gasteiger partial charge < -0.3 is 4.57 Å². The average molecular weight is 397 g/mol. The smallest absolute Gasteiger partial charge is 0.312 e. The predicted octanol–water partition coefficient (Wildman–Crippen LogP) is 2.63. The zero-order valence-corrected chi connectivity index (χ0v) is 16.0. The fourth-order valence-corrected chi connectivity index (χ4v) is 3.39. The molecule has 0 fully saturated rings. The Bertz CT molecular complexity index is 1270. The number of fused-ring (bicyclic) bond motifs is 1. The lowest BCUT2D eigenvalue weighted by atomic mass is 10.2. The van der Waals surface area contributed by atoms with E-state index in [0.717, 1.165) is 5.56 Å². The number of hydrogen-bond acceptors (Lipinski definition) is 5. The van der Waals surface area contributed by atoms with Crippen molar-refractivity contribution in [3.05, 3.63) is 74.3 Å². The lowest BCUT2D eigenvalue weighted by molar-refractivity contribution is 0.580. The van der Waals surface area contributed by atoms with E-state index in [4.69, 9.17) is 11.6 Å².